The van der Waals surface area contributed by atoms with E-state index in [2.05, 4.69) is 5.32 Å². The Morgan fingerprint density at radius 3 is 2.88 bits per heavy atom. The first-order valence-electron chi connectivity index (χ1n) is 2.32. The van der Waals surface area contributed by atoms with Gasteiger partial charge in [-0.2, -0.15) is 0 Å². The predicted octanol–water partition coefficient (Wildman–Crippen LogP) is -0.371. The number of amides is 1. The largest absolute Gasteiger partial charge is 0.376 e. The van der Waals surface area contributed by atoms with Crippen molar-refractivity contribution in [3.63, 3.8) is 0 Å². The summed E-state index contributed by atoms with van der Waals surface area (Å²) in [6, 6.07) is 0. The first kappa shape index (κ1) is 7.17. The van der Waals surface area contributed by atoms with Gasteiger partial charge in [0, 0.05) is 0 Å². The average molecular weight is 115 g/mol. The van der Waals surface area contributed by atoms with Gasteiger partial charge in [-0.05, 0) is 13.0 Å². The van der Waals surface area contributed by atoms with Crippen LogP contribution in [0.5, 0.6) is 0 Å². The van der Waals surface area contributed by atoms with Gasteiger partial charge in [0.2, 0.25) is 5.91 Å². The van der Waals surface area contributed by atoms with Crippen molar-refractivity contribution in [3.8, 4) is 0 Å². The van der Waals surface area contributed by atoms with Crippen molar-refractivity contribution in [2.75, 3.05) is 6.73 Å². The monoisotopic (exact) mass is 115 g/mol. The number of allylic oxidation sites excluding steroid dienone is 1. The van der Waals surface area contributed by atoms with E-state index >= 15 is 0 Å². The Morgan fingerprint density at radius 2 is 2.50 bits per heavy atom. The van der Waals surface area contributed by atoms with Crippen LogP contribution in [-0.4, -0.2) is 17.7 Å². The maximum Gasteiger partial charge on any atom is 0.245 e. The lowest BCUT2D eigenvalue weighted by Crippen LogP contribution is -2.21. The summed E-state index contributed by atoms with van der Waals surface area (Å²) < 4.78 is 0. The molecule has 3 heteroatoms. The molecule has 0 aliphatic carbocycles. The van der Waals surface area contributed by atoms with Crippen LogP contribution in [0.4, 0.5) is 0 Å². The van der Waals surface area contributed by atoms with Gasteiger partial charge in [-0.1, -0.05) is 6.08 Å². The van der Waals surface area contributed by atoms with Gasteiger partial charge in [-0.15, -0.1) is 0 Å². The molecule has 0 rings (SSSR count). The van der Waals surface area contributed by atoms with Crippen molar-refractivity contribution in [1.29, 1.82) is 0 Å². The lowest BCUT2D eigenvalue weighted by molar-refractivity contribution is -0.117. The molecule has 0 bridgehead atoms. The maximum atomic E-state index is 10.3. The van der Waals surface area contributed by atoms with E-state index in [0.717, 1.165) is 0 Å². The van der Waals surface area contributed by atoms with Crippen molar-refractivity contribution in [2.45, 2.75) is 6.92 Å². The van der Waals surface area contributed by atoms with Crippen LogP contribution in [0.2, 0.25) is 0 Å². The van der Waals surface area contributed by atoms with Gasteiger partial charge < -0.3 is 10.4 Å². The second-order valence-corrected chi connectivity index (χ2v) is 1.20. The molecule has 0 aromatic rings. The third-order valence-electron chi connectivity index (χ3n) is 0.571. The highest BCUT2D eigenvalue weighted by atomic mass is 16.3. The molecule has 0 heterocycles. The summed E-state index contributed by atoms with van der Waals surface area (Å²) >= 11 is 0. The minimum atomic E-state index is -0.302. The molecule has 8 heavy (non-hydrogen) atoms. The van der Waals surface area contributed by atoms with E-state index < -0.39 is 0 Å². The van der Waals surface area contributed by atoms with Crippen LogP contribution in [0.25, 0.3) is 0 Å². The molecule has 0 aliphatic heterocycles. The number of carbonyl (C=O) groups excluding carboxylic acids is 1. The molecule has 2 N–H and O–H groups in total. The molecule has 3 nitrogen and oxygen atoms in total. The highest BCUT2D eigenvalue weighted by molar-refractivity contribution is 5.87. The normalized spacial score (nSPS) is 9.75. The van der Waals surface area contributed by atoms with Gasteiger partial charge in [0.05, 0.1) is 0 Å². The summed E-state index contributed by atoms with van der Waals surface area (Å²) in [6.45, 7) is 1.43. The van der Waals surface area contributed by atoms with Crippen LogP contribution in [0, 0.1) is 0 Å². The zero-order chi connectivity index (χ0) is 6.41. The highest BCUT2D eigenvalue weighted by Gasteiger charge is 1.86. The maximum absolute atomic E-state index is 10.3. The van der Waals surface area contributed by atoms with Gasteiger partial charge in [0.25, 0.3) is 0 Å². The fraction of sp³-hybridized carbons (Fsp3) is 0.400. The standard InChI is InChI=1S/C5H9NO2/c1-2-3-5(8)6-4-7/h2-3,7H,4H2,1H3,(H,6,8). The summed E-state index contributed by atoms with van der Waals surface area (Å²) in [5.74, 6) is -0.269. The fourth-order valence-electron chi connectivity index (χ4n) is 0.288. The molecule has 0 unspecified atom stereocenters. The van der Waals surface area contributed by atoms with Crippen molar-refractivity contribution in [1.82, 2.24) is 5.32 Å². The minimum absolute atomic E-state index is 0.269. The lowest BCUT2D eigenvalue weighted by atomic mass is 10.5. The number of aliphatic hydroxyl groups is 1. The fourth-order valence-corrected chi connectivity index (χ4v) is 0.288. The Bertz CT molecular complexity index is 98.6. The van der Waals surface area contributed by atoms with Crippen molar-refractivity contribution >= 4 is 5.91 Å². The second kappa shape index (κ2) is 4.33. The van der Waals surface area contributed by atoms with E-state index in [1.54, 1.807) is 13.0 Å². The van der Waals surface area contributed by atoms with Crippen LogP contribution >= 0.6 is 0 Å². The highest BCUT2D eigenvalue weighted by Crippen LogP contribution is 1.68. The molecular weight excluding hydrogens is 106 g/mol. The molecular formula is C5H9NO2. The topological polar surface area (TPSA) is 49.3 Å². The molecule has 0 aliphatic rings. The number of rotatable bonds is 2. The van der Waals surface area contributed by atoms with Gasteiger partial charge in [-0.3, -0.25) is 4.79 Å². The number of hydrogen-bond acceptors (Lipinski definition) is 2. The second-order valence-electron chi connectivity index (χ2n) is 1.20. The molecule has 1 amide bonds. The Kier molecular flexibility index (Phi) is 3.88. The van der Waals surface area contributed by atoms with Crippen molar-refractivity contribution < 1.29 is 9.90 Å². The average Bonchev–Trinajstić information content (AvgIpc) is 1.68. The van der Waals surface area contributed by atoms with Crippen molar-refractivity contribution in [3.05, 3.63) is 12.2 Å². The number of nitrogens with one attached hydrogen (secondary N) is 1. The smallest absolute Gasteiger partial charge is 0.245 e. The zero-order valence-corrected chi connectivity index (χ0v) is 4.72. The van der Waals surface area contributed by atoms with E-state index in [1.807, 2.05) is 0 Å². The Balaban J connectivity index is 3.33. The third-order valence-corrected chi connectivity index (χ3v) is 0.571. The number of aliphatic hydroxyl groups excluding tert-OH is 1. The molecule has 0 spiro atoms. The quantitative estimate of drug-likeness (QED) is 0.381. The van der Waals surface area contributed by atoms with Crippen molar-refractivity contribution in [2.24, 2.45) is 0 Å². The van der Waals surface area contributed by atoms with Crippen LogP contribution in [-0.2, 0) is 4.79 Å². The summed E-state index contributed by atoms with van der Waals surface area (Å²) in [7, 11) is 0. The van der Waals surface area contributed by atoms with Gasteiger partial charge in [0.1, 0.15) is 6.73 Å². The number of hydrogen-bond donors (Lipinski definition) is 2. The van der Waals surface area contributed by atoms with E-state index in [-0.39, 0.29) is 12.6 Å². The number of carbonyl (C=O) groups is 1. The van der Waals surface area contributed by atoms with E-state index in [0.29, 0.717) is 0 Å². The molecule has 0 fully saturated rings. The molecule has 0 radical (unpaired) electrons. The predicted molar refractivity (Wildman–Crippen MR) is 30.0 cm³/mol. The molecule has 0 saturated heterocycles. The van der Waals surface area contributed by atoms with E-state index in [4.69, 9.17) is 5.11 Å². The molecule has 0 atom stereocenters. The van der Waals surface area contributed by atoms with Gasteiger partial charge in [-0.25, -0.2) is 0 Å². The summed E-state index contributed by atoms with van der Waals surface area (Å²) in [5.41, 5.74) is 0. The molecule has 0 aromatic carbocycles. The van der Waals surface area contributed by atoms with E-state index in [9.17, 15) is 4.79 Å². The molecule has 46 valence electrons. The minimum Gasteiger partial charge on any atom is -0.376 e. The van der Waals surface area contributed by atoms with Gasteiger partial charge in [0.15, 0.2) is 0 Å². The lowest BCUT2D eigenvalue weighted by Gasteiger charge is -1.90. The summed E-state index contributed by atoms with van der Waals surface area (Å²) in [5, 5.41) is 10.3. The molecule has 0 saturated carbocycles. The van der Waals surface area contributed by atoms with Crippen LogP contribution in [0.3, 0.4) is 0 Å². The first-order chi connectivity index (χ1) is 3.81. The Morgan fingerprint density at radius 1 is 1.88 bits per heavy atom. The molecule has 0 aromatic heterocycles. The van der Waals surface area contributed by atoms with Gasteiger partial charge >= 0.3 is 0 Å². The summed E-state index contributed by atoms with van der Waals surface area (Å²) in [6.07, 6.45) is 2.95. The zero-order valence-electron chi connectivity index (χ0n) is 4.72. The SMILES string of the molecule is CC=CC(=O)NCO. The Hall–Kier alpha value is -0.830. The Labute approximate surface area is 48.0 Å². The third kappa shape index (κ3) is 3.36. The summed E-state index contributed by atoms with van der Waals surface area (Å²) in [4.78, 5) is 10.3. The van der Waals surface area contributed by atoms with Crippen LogP contribution in [0.15, 0.2) is 12.2 Å². The first-order valence-corrected chi connectivity index (χ1v) is 2.32. The van der Waals surface area contributed by atoms with Crippen LogP contribution < -0.4 is 5.32 Å². The van der Waals surface area contributed by atoms with E-state index in [1.165, 1.54) is 6.08 Å². The van der Waals surface area contributed by atoms with Crippen LogP contribution in [0.1, 0.15) is 6.92 Å².